The van der Waals surface area contributed by atoms with Crippen molar-refractivity contribution < 1.29 is 18.8 Å². The van der Waals surface area contributed by atoms with E-state index in [1.807, 2.05) is 0 Å². The maximum atomic E-state index is 13.4. The van der Waals surface area contributed by atoms with Crippen LogP contribution in [0.3, 0.4) is 0 Å². The second kappa shape index (κ2) is 6.11. The molecule has 2 N–H and O–H groups in total. The summed E-state index contributed by atoms with van der Waals surface area (Å²) in [4.78, 5) is 11.1. The molecule has 2 atom stereocenters. The van der Waals surface area contributed by atoms with E-state index in [0.717, 1.165) is 0 Å². The summed E-state index contributed by atoms with van der Waals surface area (Å²) in [6, 6.07) is 5.67. The van der Waals surface area contributed by atoms with Crippen LogP contribution < -0.4 is 4.72 Å². The van der Waals surface area contributed by atoms with E-state index in [0.29, 0.717) is 5.56 Å². The quantitative estimate of drug-likeness (QED) is 0.820. The van der Waals surface area contributed by atoms with Gasteiger partial charge in [0.2, 0.25) is 0 Å². The third-order valence-corrected chi connectivity index (χ3v) is 4.59. The topological polar surface area (TPSA) is 72.4 Å². The molecule has 2 unspecified atom stereocenters. The van der Waals surface area contributed by atoms with Crippen LogP contribution in [0.1, 0.15) is 39.7 Å². The fourth-order valence-corrected chi connectivity index (χ4v) is 2.59. The minimum atomic E-state index is -1.47. The largest absolute Gasteiger partial charge is 0.598 e. The maximum Gasteiger partial charge on any atom is 0.305 e. The van der Waals surface area contributed by atoms with E-state index in [1.54, 1.807) is 33.8 Å². The highest BCUT2D eigenvalue weighted by Gasteiger charge is 2.38. The van der Waals surface area contributed by atoms with Gasteiger partial charge in [-0.3, -0.25) is 4.79 Å². The van der Waals surface area contributed by atoms with Gasteiger partial charge in [-0.1, -0.05) is 12.1 Å². The average molecular weight is 301 g/mol. The molecule has 0 aliphatic carbocycles. The Kier molecular flexibility index (Phi) is 5.18. The van der Waals surface area contributed by atoms with Crippen molar-refractivity contribution in [1.29, 1.82) is 0 Å². The molecule has 1 aromatic carbocycles. The molecular formula is C14H20FNO3S. The van der Waals surface area contributed by atoms with Gasteiger partial charge in [0.15, 0.2) is 0 Å². The summed E-state index contributed by atoms with van der Waals surface area (Å²) >= 11 is -1.47. The van der Waals surface area contributed by atoms with Crippen LogP contribution in [0.25, 0.3) is 0 Å². The van der Waals surface area contributed by atoms with Gasteiger partial charge in [0.1, 0.15) is 10.6 Å². The van der Waals surface area contributed by atoms with Crippen LogP contribution in [0.15, 0.2) is 24.3 Å². The molecule has 0 aromatic heterocycles. The number of carboxylic acid groups (broad SMARTS) is 1. The minimum Gasteiger partial charge on any atom is -0.598 e. The monoisotopic (exact) mass is 301 g/mol. The molecule has 0 bridgehead atoms. The molecule has 0 heterocycles. The fourth-order valence-electron chi connectivity index (χ4n) is 1.69. The van der Waals surface area contributed by atoms with Crippen LogP contribution in [0, 0.1) is 5.82 Å². The number of rotatable bonds is 5. The number of benzene rings is 1. The van der Waals surface area contributed by atoms with E-state index in [4.69, 9.17) is 5.11 Å². The molecule has 6 heteroatoms. The highest BCUT2D eigenvalue weighted by molar-refractivity contribution is 7.90. The number of hydrogen-bond donors (Lipinski definition) is 2. The fraction of sp³-hybridized carbons (Fsp3) is 0.500. The molecule has 112 valence electrons. The molecular weight excluding hydrogens is 281 g/mol. The van der Waals surface area contributed by atoms with Gasteiger partial charge in [-0.25, -0.2) is 4.39 Å². The zero-order valence-electron chi connectivity index (χ0n) is 12.1. The van der Waals surface area contributed by atoms with Crippen LogP contribution in [-0.2, 0) is 21.7 Å². The summed E-state index contributed by atoms with van der Waals surface area (Å²) in [6.07, 6.45) is -0.293. The van der Waals surface area contributed by atoms with Crippen molar-refractivity contribution in [2.75, 3.05) is 0 Å². The first-order valence-corrected chi connectivity index (χ1v) is 7.37. The lowest BCUT2D eigenvalue weighted by Gasteiger charge is -2.34. The van der Waals surface area contributed by atoms with Crippen molar-refractivity contribution in [3.05, 3.63) is 35.6 Å². The average Bonchev–Trinajstić information content (AvgIpc) is 2.26. The normalized spacial score (nSPS) is 16.5. The van der Waals surface area contributed by atoms with Crippen molar-refractivity contribution in [3.63, 3.8) is 0 Å². The van der Waals surface area contributed by atoms with Crippen molar-refractivity contribution >= 4 is 17.3 Å². The molecule has 1 aromatic rings. The van der Waals surface area contributed by atoms with E-state index >= 15 is 0 Å². The van der Waals surface area contributed by atoms with Gasteiger partial charge in [-0.2, -0.15) is 0 Å². The Morgan fingerprint density at radius 1 is 1.40 bits per heavy atom. The smallest absolute Gasteiger partial charge is 0.305 e. The number of carboxylic acids is 1. The van der Waals surface area contributed by atoms with E-state index in [-0.39, 0.29) is 6.42 Å². The van der Waals surface area contributed by atoms with Gasteiger partial charge >= 0.3 is 5.97 Å². The van der Waals surface area contributed by atoms with E-state index in [1.165, 1.54) is 18.2 Å². The van der Waals surface area contributed by atoms with Crippen LogP contribution in [0.4, 0.5) is 4.39 Å². The highest BCUT2D eigenvalue weighted by atomic mass is 32.2. The van der Waals surface area contributed by atoms with Crippen molar-refractivity contribution in [3.8, 4) is 0 Å². The van der Waals surface area contributed by atoms with Gasteiger partial charge in [-0.05, 0) is 45.4 Å². The summed E-state index contributed by atoms with van der Waals surface area (Å²) < 4.78 is 27.9. The first-order chi connectivity index (χ1) is 9.04. The first kappa shape index (κ1) is 16.9. The van der Waals surface area contributed by atoms with Crippen molar-refractivity contribution in [1.82, 2.24) is 4.72 Å². The summed E-state index contributed by atoms with van der Waals surface area (Å²) in [5.74, 6) is -1.50. The standard InChI is InChI=1S/C14H20FNO3S/c1-13(2,3)20(19)16-14(4,9-12(17)18)10-6-5-7-11(15)8-10/h5-8,16H,9H2,1-4H3,(H,17,18). The third-order valence-electron chi connectivity index (χ3n) is 2.84. The van der Waals surface area contributed by atoms with Crippen LogP contribution >= 0.6 is 0 Å². The second-order valence-electron chi connectivity index (χ2n) is 5.90. The lowest BCUT2D eigenvalue weighted by atomic mass is 9.90. The molecule has 1 rings (SSSR count). The Bertz CT molecular complexity index is 490. The number of carbonyl (C=O) groups is 1. The maximum absolute atomic E-state index is 13.4. The number of aliphatic carboxylic acids is 1. The van der Waals surface area contributed by atoms with E-state index in [9.17, 15) is 13.7 Å². The van der Waals surface area contributed by atoms with E-state index in [2.05, 4.69) is 4.72 Å². The third kappa shape index (κ3) is 4.47. The molecule has 0 saturated heterocycles. The summed E-state index contributed by atoms with van der Waals surface area (Å²) in [5.41, 5.74) is -0.649. The van der Waals surface area contributed by atoms with Gasteiger partial charge in [0, 0.05) is 11.4 Å². The zero-order valence-corrected chi connectivity index (χ0v) is 12.9. The van der Waals surface area contributed by atoms with Crippen molar-refractivity contribution in [2.45, 2.75) is 44.4 Å². The predicted molar refractivity (Wildman–Crippen MR) is 77.0 cm³/mol. The van der Waals surface area contributed by atoms with Gasteiger partial charge in [0.05, 0.1) is 12.0 Å². The van der Waals surface area contributed by atoms with Gasteiger partial charge in [-0.15, -0.1) is 4.72 Å². The summed E-state index contributed by atoms with van der Waals surface area (Å²) in [6.45, 7) is 6.95. The lowest BCUT2D eigenvalue weighted by molar-refractivity contribution is -0.138. The molecule has 0 aliphatic heterocycles. The Hall–Kier alpha value is -1.11. The number of nitrogens with one attached hydrogen (secondary N) is 1. The molecule has 4 nitrogen and oxygen atoms in total. The zero-order chi connectivity index (χ0) is 15.6. The van der Waals surface area contributed by atoms with Crippen LogP contribution in [-0.4, -0.2) is 20.4 Å². The molecule has 0 aliphatic rings. The SMILES string of the molecule is CC(CC(=O)O)(N[S+]([O-])C(C)(C)C)c1cccc(F)c1. The molecule has 0 saturated carbocycles. The number of halogens is 1. The summed E-state index contributed by atoms with van der Waals surface area (Å²) in [7, 11) is 0. The Morgan fingerprint density at radius 3 is 2.45 bits per heavy atom. The Balaban J connectivity index is 3.13. The van der Waals surface area contributed by atoms with Crippen LogP contribution in [0.5, 0.6) is 0 Å². The molecule has 0 radical (unpaired) electrons. The lowest BCUT2D eigenvalue weighted by Crippen LogP contribution is -2.50. The van der Waals surface area contributed by atoms with Crippen molar-refractivity contribution in [2.24, 2.45) is 0 Å². The second-order valence-corrected chi connectivity index (χ2v) is 7.86. The Morgan fingerprint density at radius 2 is 2.00 bits per heavy atom. The minimum absolute atomic E-state index is 0.293. The first-order valence-electron chi connectivity index (χ1n) is 6.22. The highest BCUT2D eigenvalue weighted by Crippen LogP contribution is 2.29. The molecule has 0 fully saturated rings. The van der Waals surface area contributed by atoms with Gasteiger partial charge < -0.3 is 9.66 Å². The Labute approximate surface area is 121 Å². The predicted octanol–water partition coefficient (Wildman–Crippen LogP) is 2.57. The molecule has 0 spiro atoms. The summed E-state index contributed by atoms with van der Waals surface area (Å²) in [5, 5.41) is 9.06. The number of hydrogen-bond acceptors (Lipinski definition) is 3. The van der Waals surface area contributed by atoms with E-state index < -0.39 is 33.4 Å². The molecule has 20 heavy (non-hydrogen) atoms. The van der Waals surface area contributed by atoms with Gasteiger partial charge in [0.25, 0.3) is 0 Å². The van der Waals surface area contributed by atoms with Crippen LogP contribution in [0.2, 0.25) is 0 Å². The molecule has 0 amide bonds.